The van der Waals surface area contributed by atoms with Crippen molar-refractivity contribution in [1.29, 1.82) is 0 Å². The Bertz CT molecular complexity index is 412. The van der Waals surface area contributed by atoms with Crippen molar-refractivity contribution in [1.82, 2.24) is 4.90 Å². The van der Waals surface area contributed by atoms with Crippen LogP contribution in [0.25, 0.3) is 0 Å². The van der Waals surface area contributed by atoms with Crippen LogP contribution in [-0.4, -0.2) is 28.6 Å². The summed E-state index contributed by atoms with van der Waals surface area (Å²) >= 11 is 6.01. The van der Waals surface area contributed by atoms with Gasteiger partial charge in [0.05, 0.1) is 6.10 Å². The van der Waals surface area contributed by atoms with E-state index in [9.17, 15) is 5.11 Å². The SMILES string of the molecule is CCN(CCC(O)c1ccc(Cl)c(C)c1)C(C)(C)C. The minimum Gasteiger partial charge on any atom is -0.388 e. The molecule has 0 radical (unpaired) electrons. The van der Waals surface area contributed by atoms with Crippen LogP contribution < -0.4 is 0 Å². The van der Waals surface area contributed by atoms with Crippen LogP contribution in [0.2, 0.25) is 5.02 Å². The van der Waals surface area contributed by atoms with Gasteiger partial charge in [0.15, 0.2) is 0 Å². The molecule has 3 heteroatoms. The summed E-state index contributed by atoms with van der Waals surface area (Å²) in [5.41, 5.74) is 2.11. The fourth-order valence-corrected chi connectivity index (χ4v) is 2.41. The Labute approximate surface area is 122 Å². The molecule has 2 nitrogen and oxygen atoms in total. The van der Waals surface area contributed by atoms with Gasteiger partial charge in [-0.3, -0.25) is 4.90 Å². The first-order valence-corrected chi connectivity index (χ1v) is 7.32. The second-order valence-electron chi connectivity index (χ2n) is 6.06. The monoisotopic (exact) mass is 283 g/mol. The number of benzene rings is 1. The van der Waals surface area contributed by atoms with E-state index in [2.05, 4.69) is 32.6 Å². The molecule has 0 aliphatic rings. The maximum Gasteiger partial charge on any atom is 0.0802 e. The van der Waals surface area contributed by atoms with E-state index in [0.717, 1.165) is 35.7 Å². The largest absolute Gasteiger partial charge is 0.388 e. The molecule has 1 rings (SSSR count). The molecule has 0 aliphatic heterocycles. The Morgan fingerprint density at radius 1 is 1.32 bits per heavy atom. The second kappa shape index (κ2) is 6.74. The smallest absolute Gasteiger partial charge is 0.0802 e. The van der Waals surface area contributed by atoms with Crippen LogP contribution in [-0.2, 0) is 0 Å². The molecule has 1 aromatic carbocycles. The highest BCUT2D eigenvalue weighted by atomic mass is 35.5. The van der Waals surface area contributed by atoms with Crippen molar-refractivity contribution in [3.8, 4) is 0 Å². The van der Waals surface area contributed by atoms with Gasteiger partial charge in [-0.25, -0.2) is 0 Å². The van der Waals surface area contributed by atoms with Gasteiger partial charge in [-0.05, 0) is 57.9 Å². The molecule has 1 unspecified atom stereocenters. The van der Waals surface area contributed by atoms with E-state index in [1.807, 2.05) is 25.1 Å². The van der Waals surface area contributed by atoms with E-state index < -0.39 is 6.10 Å². The van der Waals surface area contributed by atoms with Crippen molar-refractivity contribution >= 4 is 11.6 Å². The molecule has 1 atom stereocenters. The Morgan fingerprint density at radius 2 is 1.95 bits per heavy atom. The summed E-state index contributed by atoms with van der Waals surface area (Å²) in [6.45, 7) is 12.6. The highest BCUT2D eigenvalue weighted by Gasteiger charge is 2.20. The van der Waals surface area contributed by atoms with E-state index in [4.69, 9.17) is 11.6 Å². The van der Waals surface area contributed by atoms with Crippen molar-refractivity contribution in [2.75, 3.05) is 13.1 Å². The first kappa shape index (κ1) is 16.5. The lowest BCUT2D eigenvalue weighted by Gasteiger charge is -2.35. The van der Waals surface area contributed by atoms with Crippen molar-refractivity contribution in [3.05, 3.63) is 34.3 Å². The number of aliphatic hydroxyl groups is 1. The Hall–Kier alpha value is -0.570. The van der Waals surface area contributed by atoms with Crippen LogP contribution in [0.4, 0.5) is 0 Å². The number of aliphatic hydroxyl groups excluding tert-OH is 1. The molecular weight excluding hydrogens is 258 g/mol. The molecule has 0 spiro atoms. The molecule has 0 heterocycles. The van der Waals surface area contributed by atoms with Crippen LogP contribution >= 0.6 is 11.6 Å². The Kier molecular flexibility index (Phi) is 5.84. The molecule has 0 aliphatic carbocycles. The molecule has 0 aromatic heterocycles. The van der Waals surface area contributed by atoms with Gasteiger partial charge in [-0.1, -0.05) is 30.7 Å². The number of aryl methyl sites for hydroxylation is 1. The van der Waals surface area contributed by atoms with Gasteiger partial charge in [0.25, 0.3) is 0 Å². The third-order valence-electron chi connectivity index (χ3n) is 3.57. The van der Waals surface area contributed by atoms with Crippen LogP contribution in [0.15, 0.2) is 18.2 Å². The highest BCUT2D eigenvalue weighted by Crippen LogP contribution is 2.24. The molecule has 0 bridgehead atoms. The van der Waals surface area contributed by atoms with Gasteiger partial charge in [0.1, 0.15) is 0 Å². The zero-order valence-corrected chi connectivity index (χ0v) is 13.5. The Balaban J connectivity index is 2.64. The summed E-state index contributed by atoms with van der Waals surface area (Å²) < 4.78 is 0. The summed E-state index contributed by atoms with van der Waals surface area (Å²) in [5.74, 6) is 0. The van der Waals surface area contributed by atoms with Gasteiger partial charge in [0.2, 0.25) is 0 Å². The summed E-state index contributed by atoms with van der Waals surface area (Å²) in [7, 11) is 0. The average molecular weight is 284 g/mol. The van der Waals surface area contributed by atoms with Gasteiger partial charge in [-0.2, -0.15) is 0 Å². The zero-order valence-electron chi connectivity index (χ0n) is 12.7. The quantitative estimate of drug-likeness (QED) is 0.876. The minimum atomic E-state index is -0.424. The number of nitrogens with zero attached hydrogens (tertiary/aromatic N) is 1. The summed E-state index contributed by atoms with van der Waals surface area (Å²) in [4.78, 5) is 2.37. The van der Waals surface area contributed by atoms with Crippen LogP contribution in [0.5, 0.6) is 0 Å². The molecule has 0 saturated carbocycles. The predicted octanol–water partition coefficient (Wildman–Crippen LogP) is 4.19. The second-order valence-corrected chi connectivity index (χ2v) is 6.47. The average Bonchev–Trinajstić information content (AvgIpc) is 2.31. The number of hydrogen-bond acceptors (Lipinski definition) is 2. The van der Waals surface area contributed by atoms with E-state index in [1.54, 1.807) is 0 Å². The number of hydrogen-bond donors (Lipinski definition) is 1. The molecule has 0 fully saturated rings. The Morgan fingerprint density at radius 3 is 2.42 bits per heavy atom. The number of rotatable bonds is 5. The van der Waals surface area contributed by atoms with Crippen molar-refractivity contribution in [2.45, 2.75) is 52.7 Å². The zero-order chi connectivity index (χ0) is 14.6. The highest BCUT2D eigenvalue weighted by molar-refractivity contribution is 6.31. The van der Waals surface area contributed by atoms with Crippen LogP contribution in [0.3, 0.4) is 0 Å². The molecule has 1 aromatic rings. The van der Waals surface area contributed by atoms with Gasteiger partial charge < -0.3 is 5.11 Å². The van der Waals surface area contributed by atoms with E-state index in [1.165, 1.54) is 0 Å². The van der Waals surface area contributed by atoms with E-state index in [-0.39, 0.29) is 5.54 Å². The number of halogens is 1. The normalized spacial score (nSPS) is 13.9. The first-order valence-electron chi connectivity index (χ1n) is 6.95. The van der Waals surface area contributed by atoms with Crippen LogP contribution in [0.1, 0.15) is 51.3 Å². The fraction of sp³-hybridized carbons (Fsp3) is 0.625. The summed E-state index contributed by atoms with van der Waals surface area (Å²) in [5, 5.41) is 11.0. The maximum atomic E-state index is 10.3. The topological polar surface area (TPSA) is 23.5 Å². The lowest BCUT2D eigenvalue weighted by molar-refractivity contribution is 0.0997. The molecule has 0 saturated heterocycles. The summed E-state index contributed by atoms with van der Waals surface area (Å²) in [6.07, 6.45) is 0.319. The molecule has 19 heavy (non-hydrogen) atoms. The third-order valence-corrected chi connectivity index (χ3v) is 3.99. The van der Waals surface area contributed by atoms with Gasteiger partial charge >= 0.3 is 0 Å². The van der Waals surface area contributed by atoms with Crippen molar-refractivity contribution in [2.24, 2.45) is 0 Å². The van der Waals surface area contributed by atoms with E-state index in [0.29, 0.717) is 0 Å². The van der Waals surface area contributed by atoms with Crippen LogP contribution in [0, 0.1) is 6.92 Å². The van der Waals surface area contributed by atoms with Crippen molar-refractivity contribution in [3.63, 3.8) is 0 Å². The fourth-order valence-electron chi connectivity index (χ4n) is 2.29. The minimum absolute atomic E-state index is 0.143. The van der Waals surface area contributed by atoms with E-state index >= 15 is 0 Å². The molecule has 0 amide bonds. The lowest BCUT2D eigenvalue weighted by atomic mass is 10.0. The standard InChI is InChI=1S/C16H26ClNO/c1-6-18(16(3,4)5)10-9-15(19)13-7-8-14(17)12(2)11-13/h7-8,11,15,19H,6,9-10H2,1-5H3. The predicted molar refractivity (Wildman–Crippen MR) is 82.8 cm³/mol. The van der Waals surface area contributed by atoms with Gasteiger partial charge in [-0.15, -0.1) is 0 Å². The van der Waals surface area contributed by atoms with Crippen molar-refractivity contribution < 1.29 is 5.11 Å². The third kappa shape index (κ3) is 4.79. The summed E-state index contributed by atoms with van der Waals surface area (Å²) in [6, 6.07) is 5.74. The molecule has 108 valence electrons. The molecule has 1 N–H and O–H groups in total. The maximum absolute atomic E-state index is 10.3. The first-order chi connectivity index (χ1) is 8.75. The lowest BCUT2D eigenvalue weighted by Crippen LogP contribution is -2.42. The van der Waals surface area contributed by atoms with Gasteiger partial charge in [0, 0.05) is 17.1 Å². The molecular formula is C16H26ClNO.